The summed E-state index contributed by atoms with van der Waals surface area (Å²) in [6.45, 7) is 0.710. The Balaban J connectivity index is 1.87. The normalized spacial score (nSPS) is 10.5. The van der Waals surface area contributed by atoms with Gasteiger partial charge in [-0.05, 0) is 42.0 Å². The van der Waals surface area contributed by atoms with Crippen LogP contribution < -0.4 is 4.74 Å². The molecule has 0 aliphatic carbocycles. The maximum atomic E-state index is 9.33. The first-order valence-corrected chi connectivity index (χ1v) is 6.70. The minimum absolute atomic E-state index is 0.278. The number of rotatable bonds is 4. The molecule has 0 atom stereocenters. The predicted molar refractivity (Wildman–Crippen MR) is 81.4 cm³/mol. The maximum Gasteiger partial charge on any atom is 0.140 e. The van der Waals surface area contributed by atoms with Crippen LogP contribution in [0.15, 0.2) is 60.9 Å². The number of methoxy groups -OCH3 is 1. The number of aromatic hydroxyl groups is 1. The van der Waals surface area contributed by atoms with Gasteiger partial charge in [-0.1, -0.05) is 12.1 Å². The number of phenols is 1. The van der Waals surface area contributed by atoms with E-state index in [9.17, 15) is 5.11 Å². The zero-order valence-corrected chi connectivity index (χ0v) is 11.7. The summed E-state index contributed by atoms with van der Waals surface area (Å²) in [4.78, 5) is 4.43. The van der Waals surface area contributed by atoms with Crippen LogP contribution in [0.4, 0.5) is 0 Å². The summed E-state index contributed by atoms with van der Waals surface area (Å²) in [6, 6.07) is 15.0. The highest BCUT2D eigenvalue weighted by molar-refractivity contribution is 5.57. The van der Waals surface area contributed by atoms with Gasteiger partial charge < -0.3 is 14.4 Å². The molecule has 21 heavy (non-hydrogen) atoms. The van der Waals surface area contributed by atoms with Crippen LogP contribution >= 0.6 is 0 Å². The summed E-state index contributed by atoms with van der Waals surface area (Å²) in [6.07, 6.45) is 3.74. The molecule has 0 aliphatic rings. The first-order chi connectivity index (χ1) is 10.3. The van der Waals surface area contributed by atoms with Crippen LogP contribution in [-0.2, 0) is 6.54 Å². The molecule has 3 rings (SSSR count). The van der Waals surface area contributed by atoms with Gasteiger partial charge in [0, 0.05) is 24.5 Å². The lowest BCUT2D eigenvalue weighted by Gasteiger charge is -2.09. The summed E-state index contributed by atoms with van der Waals surface area (Å²) in [5.41, 5.74) is 2.15. The summed E-state index contributed by atoms with van der Waals surface area (Å²) < 4.78 is 7.25. The smallest absolute Gasteiger partial charge is 0.140 e. The molecule has 3 aromatic rings. The molecular formula is C17H16N2O2. The number of aromatic nitrogens is 2. The third-order valence-corrected chi connectivity index (χ3v) is 3.35. The number of nitrogens with zero attached hydrogens (tertiary/aromatic N) is 2. The van der Waals surface area contributed by atoms with Crippen molar-refractivity contribution < 1.29 is 9.84 Å². The van der Waals surface area contributed by atoms with E-state index in [4.69, 9.17) is 4.74 Å². The summed E-state index contributed by atoms with van der Waals surface area (Å²) in [7, 11) is 1.65. The van der Waals surface area contributed by atoms with Gasteiger partial charge in [0.05, 0.1) is 7.11 Å². The summed E-state index contributed by atoms with van der Waals surface area (Å²) >= 11 is 0. The van der Waals surface area contributed by atoms with Crippen LogP contribution in [0.1, 0.15) is 5.56 Å². The van der Waals surface area contributed by atoms with Crippen molar-refractivity contribution in [1.29, 1.82) is 0 Å². The Bertz CT molecular complexity index is 715. The molecule has 4 nitrogen and oxygen atoms in total. The average molecular weight is 280 g/mol. The van der Waals surface area contributed by atoms with Crippen LogP contribution in [0.25, 0.3) is 11.4 Å². The van der Waals surface area contributed by atoms with Gasteiger partial charge in [-0.25, -0.2) is 4.98 Å². The van der Waals surface area contributed by atoms with Crippen molar-refractivity contribution in [3.8, 4) is 22.9 Å². The molecule has 1 N–H and O–H groups in total. The fraction of sp³-hybridized carbons (Fsp3) is 0.118. The standard InChI is InChI=1S/C17H16N2O2/c1-21-16-8-4-14(5-9-16)17-18-10-11-19(17)12-13-2-6-15(20)7-3-13/h2-11,20H,12H2,1H3. The van der Waals surface area contributed by atoms with E-state index >= 15 is 0 Å². The zero-order chi connectivity index (χ0) is 14.7. The van der Waals surface area contributed by atoms with E-state index in [1.807, 2.05) is 42.6 Å². The van der Waals surface area contributed by atoms with Crippen LogP contribution in [0.5, 0.6) is 11.5 Å². The number of phenolic OH excluding ortho intramolecular Hbond substituents is 1. The molecule has 106 valence electrons. The molecule has 0 aliphatic heterocycles. The molecule has 0 spiro atoms. The Morgan fingerprint density at radius 3 is 2.43 bits per heavy atom. The highest BCUT2D eigenvalue weighted by Gasteiger charge is 2.06. The van der Waals surface area contributed by atoms with Crippen molar-refractivity contribution in [2.75, 3.05) is 7.11 Å². The molecule has 0 unspecified atom stereocenters. The highest BCUT2D eigenvalue weighted by Crippen LogP contribution is 2.22. The van der Waals surface area contributed by atoms with Crippen molar-refractivity contribution in [3.63, 3.8) is 0 Å². The molecule has 2 aromatic carbocycles. The number of ether oxygens (including phenoxy) is 1. The van der Waals surface area contributed by atoms with Gasteiger partial charge >= 0.3 is 0 Å². The minimum Gasteiger partial charge on any atom is -0.508 e. The number of hydrogen-bond acceptors (Lipinski definition) is 3. The summed E-state index contributed by atoms with van der Waals surface area (Å²) in [5.74, 6) is 2.01. The first-order valence-electron chi connectivity index (χ1n) is 6.70. The number of hydrogen-bond donors (Lipinski definition) is 1. The van der Waals surface area contributed by atoms with Gasteiger partial charge in [0.1, 0.15) is 17.3 Å². The van der Waals surface area contributed by atoms with Crippen LogP contribution in [-0.4, -0.2) is 21.8 Å². The minimum atomic E-state index is 0.278. The SMILES string of the molecule is COc1ccc(-c2nccn2Cc2ccc(O)cc2)cc1. The highest BCUT2D eigenvalue weighted by atomic mass is 16.5. The predicted octanol–water partition coefficient (Wildman–Crippen LogP) is 3.31. The Kier molecular flexibility index (Phi) is 3.60. The van der Waals surface area contributed by atoms with Crippen molar-refractivity contribution in [2.24, 2.45) is 0 Å². The lowest BCUT2D eigenvalue weighted by atomic mass is 10.2. The first kappa shape index (κ1) is 13.2. The maximum absolute atomic E-state index is 9.33. The van der Waals surface area contributed by atoms with Crippen LogP contribution in [0, 0.1) is 0 Å². The Morgan fingerprint density at radius 2 is 1.76 bits per heavy atom. The van der Waals surface area contributed by atoms with Gasteiger partial charge in [-0.2, -0.15) is 0 Å². The zero-order valence-electron chi connectivity index (χ0n) is 11.7. The molecule has 1 heterocycles. The second-order valence-electron chi connectivity index (χ2n) is 4.77. The van der Waals surface area contributed by atoms with E-state index in [1.54, 1.807) is 25.4 Å². The Hall–Kier alpha value is -2.75. The van der Waals surface area contributed by atoms with E-state index in [2.05, 4.69) is 9.55 Å². The largest absolute Gasteiger partial charge is 0.508 e. The third-order valence-electron chi connectivity index (χ3n) is 3.35. The molecule has 0 bridgehead atoms. The second-order valence-corrected chi connectivity index (χ2v) is 4.77. The molecule has 0 amide bonds. The number of imidazole rings is 1. The molecule has 4 heteroatoms. The number of benzene rings is 2. The van der Waals surface area contributed by atoms with Crippen molar-refractivity contribution >= 4 is 0 Å². The Labute approximate surface area is 123 Å². The van der Waals surface area contributed by atoms with Gasteiger partial charge in [-0.3, -0.25) is 0 Å². The van der Waals surface area contributed by atoms with Crippen molar-refractivity contribution in [3.05, 3.63) is 66.5 Å². The molecular weight excluding hydrogens is 264 g/mol. The van der Waals surface area contributed by atoms with E-state index in [1.165, 1.54) is 0 Å². The van der Waals surface area contributed by atoms with Gasteiger partial charge in [0.15, 0.2) is 0 Å². The fourth-order valence-electron chi connectivity index (χ4n) is 2.24. The lowest BCUT2D eigenvalue weighted by molar-refractivity contribution is 0.415. The molecule has 1 aromatic heterocycles. The monoisotopic (exact) mass is 280 g/mol. The molecule has 0 saturated carbocycles. The van der Waals surface area contributed by atoms with Crippen LogP contribution in [0.3, 0.4) is 0 Å². The van der Waals surface area contributed by atoms with Crippen LogP contribution in [0.2, 0.25) is 0 Å². The van der Waals surface area contributed by atoms with Gasteiger partial charge in [0.25, 0.3) is 0 Å². The summed E-state index contributed by atoms with van der Waals surface area (Å²) in [5, 5.41) is 9.33. The molecule has 0 radical (unpaired) electrons. The fourth-order valence-corrected chi connectivity index (χ4v) is 2.24. The van der Waals surface area contributed by atoms with E-state index in [0.29, 0.717) is 6.54 Å². The van der Waals surface area contributed by atoms with E-state index in [-0.39, 0.29) is 5.75 Å². The third kappa shape index (κ3) is 2.89. The van der Waals surface area contributed by atoms with E-state index < -0.39 is 0 Å². The lowest BCUT2D eigenvalue weighted by Crippen LogP contribution is -2.00. The second kappa shape index (κ2) is 5.71. The molecule has 0 fully saturated rings. The van der Waals surface area contributed by atoms with Gasteiger partial charge in [0.2, 0.25) is 0 Å². The van der Waals surface area contributed by atoms with E-state index in [0.717, 1.165) is 22.7 Å². The Morgan fingerprint density at radius 1 is 1.05 bits per heavy atom. The topological polar surface area (TPSA) is 47.3 Å². The molecule has 0 saturated heterocycles. The quantitative estimate of drug-likeness (QED) is 0.797. The van der Waals surface area contributed by atoms with Gasteiger partial charge in [-0.15, -0.1) is 0 Å². The van der Waals surface area contributed by atoms with Crippen molar-refractivity contribution in [2.45, 2.75) is 6.54 Å². The van der Waals surface area contributed by atoms with Crippen molar-refractivity contribution in [1.82, 2.24) is 9.55 Å². The average Bonchev–Trinajstić information content (AvgIpc) is 2.98.